The highest BCUT2D eigenvalue weighted by molar-refractivity contribution is 7.80. The number of hydrogen-bond donors (Lipinski definition) is 2. The van der Waals surface area contributed by atoms with Gasteiger partial charge in [-0.15, -0.1) is 0 Å². The van der Waals surface area contributed by atoms with Gasteiger partial charge in [-0.05, 0) is 30.8 Å². The van der Waals surface area contributed by atoms with Crippen molar-refractivity contribution in [2.45, 2.75) is 19.8 Å². The van der Waals surface area contributed by atoms with Crippen LogP contribution in [-0.2, 0) is 0 Å². The van der Waals surface area contributed by atoms with Gasteiger partial charge in [0.1, 0.15) is 0 Å². The van der Waals surface area contributed by atoms with E-state index in [4.69, 9.17) is 12.2 Å². The summed E-state index contributed by atoms with van der Waals surface area (Å²) < 4.78 is 0. The molecule has 1 aromatic rings. The highest BCUT2D eigenvalue weighted by atomic mass is 32.1. The normalized spacial score (nSPS) is 13.4. The Morgan fingerprint density at radius 3 is 2.32 bits per heavy atom. The van der Waals surface area contributed by atoms with E-state index in [2.05, 4.69) is 17.7 Å². The van der Waals surface area contributed by atoms with Gasteiger partial charge >= 0.3 is 0 Å². The molecule has 0 aliphatic carbocycles. The minimum absolute atomic E-state index is 0.281. The van der Waals surface area contributed by atoms with Gasteiger partial charge < -0.3 is 5.32 Å². The maximum atomic E-state index is 12.0. The molecule has 0 fully saturated rings. The van der Waals surface area contributed by atoms with E-state index in [-0.39, 0.29) is 16.9 Å². The molecule has 0 unspecified atom stereocenters. The lowest BCUT2D eigenvalue weighted by atomic mass is 10.1. The van der Waals surface area contributed by atoms with Crippen LogP contribution in [0.2, 0.25) is 0 Å². The predicted molar refractivity (Wildman–Crippen MR) is 75.6 cm³/mol. The van der Waals surface area contributed by atoms with Crippen molar-refractivity contribution in [1.82, 2.24) is 15.8 Å². The van der Waals surface area contributed by atoms with E-state index >= 15 is 0 Å². The molecule has 2 amide bonds. The molecule has 2 N–H and O–H groups in total. The maximum absolute atomic E-state index is 12.0. The lowest BCUT2D eigenvalue weighted by molar-refractivity contribution is 0.0611. The summed E-state index contributed by atoms with van der Waals surface area (Å²) in [6, 6.07) is 6.71. The molecule has 0 spiro atoms. The fourth-order valence-electron chi connectivity index (χ4n) is 1.81. The third kappa shape index (κ3) is 2.73. The summed E-state index contributed by atoms with van der Waals surface area (Å²) in [5, 5.41) is 4.18. The van der Waals surface area contributed by atoms with Crippen LogP contribution in [0.1, 0.15) is 40.5 Å². The smallest absolute Gasteiger partial charge is 0.280 e. The second-order valence-corrected chi connectivity index (χ2v) is 4.62. The minimum atomic E-state index is -0.375. The highest BCUT2D eigenvalue weighted by Crippen LogP contribution is 2.20. The van der Waals surface area contributed by atoms with E-state index in [9.17, 15) is 9.59 Å². The van der Waals surface area contributed by atoms with Crippen LogP contribution in [0.4, 0.5) is 0 Å². The van der Waals surface area contributed by atoms with Gasteiger partial charge in [0.15, 0.2) is 5.11 Å². The summed E-state index contributed by atoms with van der Waals surface area (Å²) in [5.74, 6) is -0.750. The number of fused-ring (bicyclic) bond motifs is 1. The second kappa shape index (κ2) is 5.79. The zero-order valence-corrected chi connectivity index (χ0v) is 11.4. The predicted octanol–water partition coefficient (Wildman–Crippen LogP) is 1.46. The van der Waals surface area contributed by atoms with Gasteiger partial charge in [0.05, 0.1) is 11.1 Å². The quantitative estimate of drug-likeness (QED) is 0.496. The van der Waals surface area contributed by atoms with Crippen molar-refractivity contribution in [3.05, 3.63) is 35.4 Å². The van der Waals surface area contributed by atoms with Crippen LogP contribution in [0.25, 0.3) is 0 Å². The number of nitrogens with zero attached hydrogens (tertiary/aromatic N) is 1. The molecule has 1 aliphatic rings. The average Bonchev–Trinajstić information content (AvgIpc) is 2.65. The molecule has 0 saturated heterocycles. The third-order valence-corrected chi connectivity index (χ3v) is 3.06. The average molecular weight is 277 g/mol. The number of nitrogens with one attached hydrogen (secondary N) is 2. The first-order valence-corrected chi connectivity index (χ1v) is 6.58. The Bertz CT molecular complexity index is 495. The summed E-state index contributed by atoms with van der Waals surface area (Å²) in [4.78, 5) is 24.1. The second-order valence-electron chi connectivity index (χ2n) is 4.21. The molecular formula is C13H15N3O2S. The lowest BCUT2D eigenvalue weighted by Crippen LogP contribution is -2.50. The van der Waals surface area contributed by atoms with Crippen molar-refractivity contribution < 1.29 is 9.59 Å². The number of rotatable bonds is 4. The van der Waals surface area contributed by atoms with Gasteiger partial charge in [-0.2, -0.15) is 5.01 Å². The first-order chi connectivity index (χ1) is 9.15. The molecule has 1 heterocycles. The van der Waals surface area contributed by atoms with Crippen molar-refractivity contribution >= 4 is 29.1 Å². The molecule has 0 atom stereocenters. The number of hydrogen-bond acceptors (Lipinski definition) is 3. The monoisotopic (exact) mass is 277 g/mol. The summed E-state index contributed by atoms with van der Waals surface area (Å²) in [5.41, 5.74) is 3.44. The van der Waals surface area contributed by atoms with E-state index in [0.29, 0.717) is 17.7 Å². The van der Waals surface area contributed by atoms with Crippen LogP contribution in [0.5, 0.6) is 0 Å². The van der Waals surface area contributed by atoms with Crippen LogP contribution in [0.15, 0.2) is 24.3 Å². The van der Waals surface area contributed by atoms with E-state index in [1.54, 1.807) is 24.3 Å². The highest BCUT2D eigenvalue weighted by Gasteiger charge is 2.35. The third-order valence-electron chi connectivity index (χ3n) is 2.82. The van der Waals surface area contributed by atoms with Crippen LogP contribution < -0.4 is 10.7 Å². The van der Waals surface area contributed by atoms with Crippen molar-refractivity contribution in [2.75, 3.05) is 6.54 Å². The molecule has 0 radical (unpaired) electrons. The van der Waals surface area contributed by atoms with Gasteiger partial charge in [0.2, 0.25) is 0 Å². The SMILES string of the molecule is CCCCNC(=S)NN1C(=O)c2ccccc2C1=O. The van der Waals surface area contributed by atoms with Crippen LogP contribution >= 0.6 is 12.2 Å². The van der Waals surface area contributed by atoms with Crippen molar-refractivity contribution in [1.29, 1.82) is 0 Å². The number of benzene rings is 1. The van der Waals surface area contributed by atoms with Gasteiger partial charge in [0.25, 0.3) is 11.8 Å². The maximum Gasteiger partial charge on any atom is 0.280 e. The Balaban J connectivity index is 2.02. The molecule has 1 aromatic carbocycles. The fourth-order valence-corrected chi connectivity index (χ4v) is 2.00. The molecule has 0 saturated carbocycles. The molecule has 6 heteroatoms. The summed E-state index contributed by atoms with van der Waals surface area (Å²) in [6.07, 6.45) is 2.02. The first-order valence-electron chi connectivity index (χ1n) is 6.17. The Labute approximate surface area is 116 Å². The molecule has 100 valence electrons. The van der Waals surface area contributed by atoms with Gasteiger partial charge in [0, 0.05) is 6.54 Å². The number of carbonyl (C=O) groups excluding carboxylic acids is 2. The van der Waals surface area contributed by atoms with Gasteiger partial charge in [-0.25, -0.2) is 0 Å². The van der Waals surface area contributed by atoms with Gasteiger partial charge in [-0.1, -0.05) is 25.5 Å². The molecule has 19 heavy (non-hydrogen) atoms. The topological polar surface area (TPSA) is 61.4 Å². The summed E-state index contributed by atoms with van der Waals surface area (Å²) >= 11 is 5.05. The summed E-state index contributed by atoms with van der Waals surface area (Å²) in [6.45, 7) is 2.79. The standard InChI is InChI=1S/C13H15N3O2S/c1-2-3-8-14-13(19)15-16-11(17)9-6-4-5-7-10(9)12(16)18/h4-7H,2-3,8H2,1H3,(H2,14,15,19). The van der Waals surface area contributed by atoms with E-state index in [1.165, 1.54) is 0 Å². The van der Waals surface area contributed by atoms with Crippen molar-refractivity contribution in [3.63, 3.8) is 0 Å². The van der Waals surface area contributed by atoms with Crippen LogP contribution in [0.3, 0.4) is 0 Å². The van der Waals surface area contributed by atoms with Crippen molar-refractivity contribution in [2.24, 2.45) is 0 Å². The lowest BCUT2D eigenvalue weighted by Gasteiger charge is -2.17. The Kier molecular flexibility index (Phi) is 4.11. The number of carbonyl (C=O) groups is 2. The number of amides is 2. The Morgan fingerprint density at radius 2 is 1.79 bits per heavy atom. The number of thiocarbonyl (C=S) groups is 1. The molecule has 5 nitrogen and oxygen atoms in total. The number of unbranched alkanes of at least 4 members (excludes halogenated alkanes) is 1. The first kappa shape index (κ1) is 13.5. The molecule has 0 aromatic heterocycles. The minimum Gasteiger partial charge on any atom is -0.361 e. The molecule has 1 aliphatic heterocycles. The van der Waals surface area contributed by atoms with Crippen LogP contribution in [0, 0.1) is 0 Å². The van der Waals surface area contributed by atoms with E-state index in [0.717, 1.165) is 17.9 Å². The largest absolute Gasteiger partial charge is 0.361 e. The van der Waals surface area contributed by atoms with Gasteiger partial charge in [-0.3, -0.25) is 15.0 Å². The number of imide groups is 1. The fraction of sp³-hybridized carbons (Fsp3) is 0.308. The zero-order chi connectivity index (χ0) is 13.8. The van der Waals surface area contributed by atoms with E-state index < -0.39 is 0 Å². The van der Waals surface area contributed by atoms with Crippen molar-refractivity contribution in [3.8, 4) is 0 Å². The Morgan fingerprint density at radius 1 is 1.21 bits per heavy atom. The van der Waals surface area contributed by atoms with Crippen LogP contribution in [-0.4, -0.2) is 28.5 Å². The molecule has 0 bridgehead atoms. The van der Waals surface area contributed by atoms with E-state index in [1.807, 2.05) is 0 Å². The summed E-state index contributed by atoms with van der Waals surface area (Å²) in [7, 11) is 0. The molecule has 2 rings (SSSR count). The number of hydrazine groups is 1. The molecular weight excluding hydrogens is 262 g/mol. The Hall–Kier alpha value is -1.95. The zero-order valence-electron chi connectivity index (χ0n) is 10.6.